The Morgan fingerprint density at radius 1 is 1.11 bits per heavy atom. The van der Waals surface area contributed by atoms with Crippen molar-refractivity contribution in [1.29, 1.82) is 0 Å². The van der Waals surface area contributed by atoms with E-state index < -0.39 is 5.97 Å². The van der Waals surface area contributed by atoms with Crippen LogP contribution in [0.5, 0.6) is 5.75 Å². The Kier molecular flexibility index (Phi) is 6.83. The molecule has 0 saturated heterocycles. The van der Waals surface area contributed by atoms with Crippen molar-refractivity contribution in [1.82, 2.24) is 0 Å². The van der Waals surface area contributed by atoms with E-state index in [1.165, 1.54) is 0 Å². The maximum absolute atomic E-state index is 10.5. The van der Waals surface area contributed by atoms with Crippen LogP contribution < -0.4 is 4.74 Å². The lowest BCUT2D eigenvalue weighted by Gasteiger charge is -2.07. The number of rotatable bonds is 9. The van der Waals surface area contributed by atoms with E-state index in [0.717, 1.165) is 5.56 Å². The van der Waals surface area contributed by atoms with Gasteiger partial charge in [0, 0.05) is 13.2 Å². The summed E-state index contributed by atoms with van der Waals surface area (Å²) >= 11 is 0. The van der Waals surface area contributed by atoms with E-state index in [0.29, 0.717) is 32.0 Å². The highest BCUT2D eigenvalue weighted by molar-refractivity contribution is 5.70. The van der Waals surface area contributed by atoms with E-state index >= 15 is 0 Å². The molecule has 0 saturated carbocycles. The number of carboxylic acid groups (broad SMARTS) is 1. The average Bonchev–Trinajstić information content (AvgIpc) is 2.35. The summed E-state index contributed by atoms with van der Waals surface area (Å²) in [7, 11) is 0. The summed E-state index contributed by atoms with van der Waals surface area (Å²) in [5.74, 6) is -0.157. The number of hydrogen-bond acceptors (Lipinski definition) is 4. The van der Waals surface area contributed by atoms with Crippen LogP contribution in [0.3, 0.4) is 0 Å². The minimum Gasteiger partial charge on any atom is -0.491 e. The molecule has 0 aliphatic rings. The molecule has 1 aromatic carbocycles. The molecule has 0 aliphatic carbocycles. The topological polar surface area (TPSA) is 76.0 Å². The molecule has 0 aromatic heterocycles. The molecule has 0 aliphatic heterocycles. The van der Waals surface area contributed by atoms with E-state index in [1.54, 1.807) is 24.3 Å². The summed E-state index contributed by atoms with van der Waals surface area (Å²) in [5, 5.41) is 17.2. The van der Waals surface area contributed by atoms with Crippen molar-refractivity contribution in [3.8, 4) is 5.75 Å². The highest BCUT2D eigenvalue weighted by atomic mass is 16.5. The Balaban J connectivity index is 2.20. The van der Waals surface area contributed by atoms with Gasteiger partial charge < -0.3 is 19.7 Å². The predicted molar refractivity (Wildman–Crippen MR) is 65.8 cm³/mol. The number of carbonyl (C=O) groups is 1. The summed E-state index contributed by atoms with van der Waals surface area (Å²) in [4.78, 5) is 10.5. The zero-order valence-electron chi connectivity index (χ0n) is 10.2. The van der Waals surface area contributed by atoms with Gasteiger partial charge in [-0.25, -0.2) is 0 Å². The van der Waals surface area contributed by atoms with Gasteiger partial charge in [-0.3, -0.25) is 4.79 Å². The molecule has 0 heterocycles. The fourth-order valence-corrected chi connectivity index (χ4v) is 1.37. The standard InChI is InChI=1S/C13H18O5/c14-6-1-7-17-8-9-18-12-4-2-11(3-5-12)10-13(15)16/h2-5,14H,1,6-10H2,(H,15,16). The second kappa shape index (κ2) is 8.49. The van der Waals surface area contributed by atoms with Crippen LogP contribution in [-0.4, -0.2) is 42.6 Å². The summed E-state index contributed by atoms with van der Waals surface area (Å²) in [6.45, 7) is 1.56. The quantitative estimate of drug-likeness (QED) is 0.645. The lowest BCUT2D eigenvalue weighted by Crippen LogP contribution is -2.08. The van der Waals surface area contributed by atoms with Gasteiger partial charge in [0.15, 0.2) is 0 Å². The third kappa shape index (κ3) is 6.22. The van der Waals surface area contributed by atoms with Gasteiger partial charge in [-0.15, -0.1) is 0 Å². The number of aliphatic hydroxyl groups excluding tert-OH is 1. The van der Waals surface area contributed by atoms with Crippen LogP contribution in [-0.2, 0) is 16.0 Å². The molecule has 0 atom stereocenters. The van der Waals surface area contributed by atoms with Gasteiger partial charge in [0.1, 0.15) is 12.4 Å². The Morgan fingerprint density at radius 2 is 1.83 bits per heavy atom. The molecular formula is C13H18O5. The number of aliphatic carboxylic acids is 1. The van der Waals surface area contributed by atoms with Crippen molar-refractivity contribution < 1.29 is 24.5 Å². The molecular weight excluding hydrogens is 236 g/mol. The van der Waals surface area contributed by atoms with Crippen molar-refractivity contribution in [3.05, 3.63) is 29.8 Å². The van der Waals surface area contributed by atoms with E-state index in [4.69, 9.17) is 19.7 Å². The molecule has 18 heavy (non-hydrogen) atoms. The van der Waals surface area contributed by atoms with Crippen molar-refractivity contribution in [2.24, 2.45) is 0 Å². The summed E-state index contributed by atoms with van der Waals surface area (Å²) < 4.78 is 10.6. The Hall–Kier alpha value is -1.59. The molecule has 5 heteroatoms. The molecule has 0 spiro atoms. The van der Waals surface area contributed by atoms with E-state index in [1.807, 2.05) is 0 Å². The van der Waals surface area contributed by atoms with Gasteiger partial charge in [-0.2, -0.15) is 0 Å². The van der Waals surface area contributed by atoms with Crippen LogP contribution in [0.15, 0.2) is 24.3 Å². The molecule has 0 fully saturated rings. The first-order valence-electron chi connectivity index (χ1n) is 5.84. The number of hydrogen-bond donors (Lipinski definition) is 2. The monoisotopic (exact) mass is 254 g/mol. The largest absolute Gasteiger partial charge is 0.491 e. The van der Waals surface area contributed by atoms with Crippen LogP contribution in [0.25, 0.3) is 0 Å². The number of ether oxygens (including phenoxy) is 2. The zero-order valence-corrected chi connectivity index (χ0v) is 10.2. The van der Waals surface area contributed by atoms with Crippen LogP contribution in [0, 0.1) is 0 Å². The molecule has 1 aromatic rings. The maximum Gasteiger partial charge on any atom is 0.307 e. The second-order valence-corrected chi connectivity index (χ2v) is 3.75. The first-order chi connectivity index (χ1) is 8.72. The van der Waals surface area contributed by atoms with Crippen LogP contribution >= 0.6 is 0 Å². The first-order valence-corrected chi connectivity index (χ1v) is 5.84. The lowest BCUT2D eigenvalue weighted by atomic mass is 10.1. The number of carboxylic acids is 1. The molecule has 100 valence electrons. The maximum atomic E-state index is 10.5. The molecule has 0 unspecified atom stereocenters. The summed E-state index contributed by atoms with van der Waals surface area (Å²) in [6.07, 6.45) is 0.647. The van der Waals surface area contributed by atoms with Gasteiger partial charge in [0.2, 0.25) is 0 Å². The minimum atomic E-state index is -0.846. The van der Waals surface area contributed by atoms with E-state index in [9.17, 15) is 4.79 Å². The van der Waals surface area contributed by atoms with Gasteiger partial charge >= 0.3 is 5.97 Å². The highest BCUT2D eigenvalue weighted by Crippen LogP contribution is 2.12. The van der Waals surface area contributed by atoms with Gasteiger partial charge in [-0.05, 0) is 24.1 Å². The Morgan fingerprint density at radius 3 is 2.44 bits per heavy atom. The molecule has 0 radical (unpaired) electrons. The third-order valence-electron chi connectivity index (χ3n) is 2.22. The highest BCUT2D eigenvalue weighted by Gasteiger charge is 2.00. The van der Waals surface area contributed by atoms with Crippen LogP contribution in [0.2, 0.25) is 0 Å². The van der Waals surface area contributed by atoms with Gasteiger partial charge in [-0.1, -0.05) is 12.1 Å². The third-order valence-corrected chi connectivity index (χ3v) is 2.22. The number of aliphatic hydroxyl groups is 1. The molecule has 0 amide bonds. The molecule has 1 rings (SSSR count). The van der Waals surface area contributed by atoms with E-state index in [-0.39, 0.29) is 13.0 Å². The molecule has 0 bridgehead atoms. The second-order valence-electron chi connectivity index (χ2n) is 3.75. The SMILES string of the molecule is O=C(O)Cc1ccc(OCCOCCCO)cc1. The Labute approximate surface area is 106 Å². The first kappa shape index (κ1) is 14.5. The van der Waals surface area contributed by atoms with Crippen molar-refractivity contribution >= 4 is 5.97 Å². The van der Waals surface area contributed by atoms with Crippen molar-refractivity contribution in [2.45, 2.75) is 12.8 Å². The predicted octanol–water partition coefficient (Wildman–Crippen LogP) is 1.09. The van der Waals surface area contributed by atoms with Crippen molar-refractivity contribution in [2.75, 3.05) is 26.4 Å². The normalized spacial score (nSPS) is 10.3. The lowest BCUT2D eigenvalue weighted by molar-refractivity contribution is -0.136. The molecule has 5 nitrogen and oxygen atoms in total. The van der Waals surface area contributed by atoms with E-state index in [2.05, 4.69) is 0 Å². The zero-order chi connectivity index (χ0) is 13.2. The van der Waals surface area contributed by atoms with Crippen LogP contribution in [0.4, 0.5) is 0 Å². The smallest absolute Gasteiger partial charge is 0.307 e. The van der Waals surface area contributed by atoms with Gasteiger partial charge in [0.05, 0.1) is 13.0 Å². The Bertz CT molecular complexity index is 347. The fraction of sp³-hybridized carbons (Fsp3) is 0.462. The minimum absolute atomic E-state index is 0.0184. The van der Waals surface area contributed by atoms with Crippen molar-refractivity contribution in [3.63, 3.8) is 0 Å². The van der Waals surface area contributed by atoms with Crippen LogP contribution in [0.1, 0.15) is 12.0 Å². The average molecular weight is 254 g/mol. The fourth-order valence-electron chi connectivity index (χ4n) is 1.37. The summed E-state index contributed by atoms with van der Waals surface area (Å²) in [6, 6.07) is 6.95. The number of benzene rings is 1. The van der Waals surface area contributed by atoms with Gasteiger partial charge in [0.25, 0.3) is 0 Å². The summed E-state index contributed by atoms with van der Waals surface area (Å²) in [5.41, 5.74) is 0.744. The molecule has 2 N–H and O–H groups in total.